The average molecular weight is 748 g/mol. The van der Waals surface area contributed by atoms with Crippen molar-refractivity contribution in [2.24, 2.45) is 0 Å². The highest BCUT2D eigenvalue weighted by molar-refractivity contribution is 7.86. The van der Waals surface area contributed by atoms with E-state index in [4.69, 9.17) is 8.92 Å². The maximum Gasteiger partial charge on any atom is 0.297 e. The largest absolute Gasteiger partial charge is 0.374 e. The Morgan fingerprint density at radius 3 is 1.47 bits per heavy atom. The van der Waals surface area contributed by atoms with Gasteiger partial charge in [0.25, 0.3) is 16.0 Å². The number of nitrogens with zero attached hydrogens (tertiary/aromatic N) is 1. The van der Waals surface area contributed by atoms with E-state index in [1.807, 2.05) is 35.2 Å². The summed E-state index contributed by atoms with van der Waals surface area (Å²) >= 11 is 0. The van der Waals surface area contributed by atoms with Gasteiger partial charge in [-0.25, -0.2) is 0 Å². The molecule has 0 heterocycles. The minimum atomic E-state index is -3.97. The van der Waals surface area contributed by atoms with Crippen LogP contribution in [0.3, 0.4) is 0 Å². The van der Waals surface area contributed by atoms with Gasteiger partial charge in [-0.05, 0) is 53.8 Å². The lowest BCUT2D eigenvalue weighted by molar-refractivity contribution is 0.0749. The minimum absolute atomic E-state index is 0.0214. The second-order valence-corrected chi connectivity index (χ2v) is 16.2. The van der Waals surface area contributed by atoms with Crippen LogP contribution in [0.1, 0.15) is 158 Å². The summed E-state index contributed by atoms with van der Waals surface area (Å²) in [5.41, 5.74) is 3.81. The first-order valence-electron chi connectivity index (χ1n) is 21.0. The summed E-state index contributed by atoms with van der Waals surface area (Å²) in [6.45, 7) is 6.42. The lowest BCUT2D eigenvalue weighted by Gasteiger charge is -2.23. The van der Waals surface area contributed by atoms with Crippen molar-refractivity contribution < 1.29 is 22.1 Å². The monoisotopic (exact) mass is 747 g/mol. The molecule has 1 amide bonds. The SMILES string of the molecule is CCCCCCCCCCCCN(CCCCCCCCCCCC)C(=O)c1ccc(S(=O)(=O)OCCOCc2ccc(-c3ccccc3)cc2)cc1. The maximum absolute atomic E-state index is 13.7. The highest BCUT2D eigenvalue weighted by atomic mass is 32.2. The van der Waals surface area contributed by atoms with E-state index in [0.717, 1.165) is 55.5 Å². The Bertz CT molecular complexity index is 1430. The van der Waals surface area contributed by atoms with E-state index in [-0.39, 0.29) is 24.0 Å². The fourth-order valence-corrected chi connectivity index (χ4v) is 7.62. The topological polar surface area (TPSA) is 72.9 Å². The Balaban J connectivity index is 1.42. The van der Waals surface area contributed by atoms with Crippen LogP contribution in [0.15, 0.2) is 83.8 Å². The molecule has 0 saturated heterocycles. The van der Waals surface area contributed by atoms with E-state index in [9.17, 15) is 13.2 Å². The molecule has 0 bridgehead atoms. The minimum Gasteiger partial charge on any atom is -0.374 e. The van der Waals surface area contributed by atoms with Crippen molar-refractivity contribution in [3.63, 3.8) is 0 Å². The van der Waals surface area contributed by atoms with Crippen LogP contribution < -0.4 is 0 Å². The number of ether oxygens (including phenoxy) is 1. The number of unbranched alkanes of at least 4 members (excludes halogenated alkanes) is 18. The molecule has 0 atom stereocenters. The summed E-state index contributed by atoms with van der Waals surface area (Å²) < 4.78 is 36.8. The molecule has 0 fully saturated rings. The fraction of sp³-hybridized carbons (Fsp3) is 0.587. The van der Waals surface area contributed by atoms with Crippen LogP contribution in [-0.4, -0.2) is 45.5 Å². The van der Waals surface area contributed by atoms with Gasteiger partial charge in [-0.15, -0.1) is 0 Å². The first-order valence-corrected chi connectivity index (χ1v) is 22.4. The number of hydrogen-bond donors (Lipinski definition) is 0. The molecule has 7 heteroatoms. The van der Waals surface area contributed by atoms with E-state index in [0.29, 0.717) is 12.2 Å². The number of carbonyl (C=O) groups excluding carboxylic acids is 1. The van der Waals surface area contributed by atoms with E-state index < -0.39 is 10.1 Å². The highest BCUT2D eigenvalue weighted by Crippen LogP contribution is 2.20. The average Bonchev–Trinajstić information content (AvgIpc) is 3.18. The molecule has 0 spiro atoms. The van der Waals surface area contributed by atoms with Gasteiger partial charge in [-0.2, -0.15) is 8.42 Å². The van der Waals surface area contributed by atoms with Gasteiger partial charge in [0.05, 0.1) is 24.7 Å². The van der Waals surface area contributed by atoms with Crippen molar-refractivity contribution in [1.82, 2.24) is 4.90 Å². The standard InChI is InChI=1S/C46H69NO5S/c1-3-5-7-9-11-13-15-17-19-24-36-47(37-25-20-18-16-14-12-10-8-6-4-2)46(48)44-32-34-45(35-33-44)53(49,50)52-39-38-51-40-41-28-30-43(31-29-41)42-26-22-21-23-27-42/h21-23,26-35H,3-20,24-25,36-40H2,1-2H3. The molecule has 0 unspecified atom stereocenters. The Morgan fingerprint density at radius 2 is 0.981 bits per heavy atom. The Morgan fingerprint density at radius 1 is 0.528 bits per heavy atom. The molecule has 0 aliphatic rings. The third kappa shape index (κ3) is 18.7. The summed E-state index contributed by atoms with van der Waals surface area (Å²) in [7, 11) is -3.97. The van der Waals surface area contributed by atoms with Gasteiger partial charge in [0, 0.05) is 18.7 Å². The number of amides is 1. The van der Waals surface area contributed by atoms with E-state index >= 15 is 0 Å². The molecular weight excluding hydrogens is 679 g/mol. The zero-order chi connectivity index (χ0) is 37.8. The zero-order valence-corrected chi connectivity index (χ0v) is 33.9. The van der Waals surface area contributed by atoms with Crippen LogP contribution in [0.25, 0.3) is 11.1 Å². The quantitative estimate of drug-likeness (QED) is 0.0484. The molecule has 0 saturated carbocycles. The summed E-state index contributed by atoms with van der Waals surface area (Å²) in [5, 5.41) is 0. The summed E-state index contributed by atoms with van der Waals surface area (Å²) in [4.78, 5) is 15.7. The van der Waals surface area contributed by atoms with E-state index in [1.54, 1.807) is 12.1 Å². The number of carbonyl (C=O) groups is 1. The summed E-state index contributed by atoms with van der Waals surface area (Å²) in [6, 6.07) is 24.5. The molecule has 3 aromatic rings. The predicted octanol–water partition coefficient (Wildman–Crippen LogP) is 12.6. The molecule has 3 aromatic carbocycles. The van der Waals surface area contributed by atoms with Crippen LogP contribution in [-0.2, 0) is 25.6 Å². The Kier molecular flexibility index (Phi) is 23.1. The first-order chi connectivity index (χ1) is 25.9. The van der Waals surface area contributed by atoms with Crippen molar-refractivity contribution in [1.29, 1.82) is 0 Å². The predicted molar refractivity (Wildman–Crippen MR) is 221 cm³/mol. The third-order valence-electron chi connectivity index (χ3n) is 10.0. The van der Waals surface area contributed by atoms with Crippen LogP contribution in [0.5, 0.6) is 0 Å². The van der Waals surface area contributed by atoms with Gasteiger partial charge in [0.2, 0.25) is 0 Å². The summed E-state index contributed by atoms with van der Waals surface area (Å²) in [6.07, 6.45) is 25.2. The molecule has 0 aromatic heterocycles. The Labute approximate surface area is 323 Å². The van der Waals surface area contributed by atoms with Crippen molar-refractivity contribution >= 4 is 16.0 Å². The van der Waals surface area contributed by atoms with Gasteiger partial charge < -0.3 is 9.64 Å². The van der Waals surface area contributed by atoms with E-state index in [1.165, 1.54) is 115 Å². The molecule has 0 aliphatic carbocycles. The Hall–Kier alpha value is -3.00. The van der Waals surface area contributed by atoms with Crippen LogP contribution >= 0.6 is 0 Å². The van der Waals surface area contributed by atoms with Gasteiger partial charge in [-0.3, -0.25) is 8.98 Å². The molecule has 0 radical (unpaired) electrons. The third-order valence-corrected chi connectivity index (χ3v) is 11.4. The van der Waals surface area contributed by atoms with Gasteiger partial charge in [0.1, 0.15) is 0 Å². The maximum atomic E-state index is 13.7. The second-order valence-electron chi connectivity index (χ2n) is 14.6. The number of benzene rings is 3. The first kappa shape index (κ1) is 44.4. The smallest absolute Gasteiger partial charge is 0.297 e. The van der Waals surface area contributed by atoms with Crippen LogP contribution in [0.2, 0.25) is 0 Å². The molecule has 3 rings (SSSR count). The highest BCUT2D eigenvalue weighted by Gasteiger charge is 2.19. The van der Waals surface area contributed by atoms with Gasteiger partial charge in [0.15, 0.2) is 0 Å². The second kappa shape index (κ2) is 27.6. The van der Waals surface area contributed by atoms with Crippen LogP contribution in [0.4, 0.5) is 0 Å². The number of rotatable bonds is 31. The number of hydrogen-bond acceptors (Lipinski definition) is 5. The van der Waals surface area contributed by atoms with Gasteiger partial charge >= 0.3 is 0 Å². The molecule has 294 valence electrons. The normalized spacial score (nSPS) is 11.6. The van der Waals surface area contributed by atoms with Crippen molar-refractivity contribution in [3.8, 4) is 11.1 Å². The zero-order valence-electron chi connectivity index (χ0n) is 33.1. The lowest BCUT2D eigenvalue weighted by atomic mass is 10.0. The summed E-state index contributed by atoms with van der Waals surface area (Å²) in [5.74, 6) is -0.0214. The molecule has 53 heavy (non-hydrogen) atoms. The van der Waals surface area contributed by atoms with Gasteiger partial charge in [-0.1, -0.05) is 184 Å². The van der Waals surface area contributed by atoms with Crippen molar-refractivity contribution in [2.75, 3.05) is 26.3 Å². The van der Waals surface area contributed by atoms with Crippen LogP contribution in [0, 0.1) is 0 Å². The molecule has 0 N–H and O–H groups in total. The van der Waals surface area contributed by atoms with E-state index in [2.05, 4.69) is 38.1 Å². The van der Waals surface area contributed by atoms with Crippen molar-refractivity contribution in [2.45, 2.75) is 154 Å². The lowest BCUT2D eigenvalue weighted by Crippen LogP contribution is -2.33. The molecule has 6 nitrogen and oxygen atoms in total. The van der Waals surface area contributed by atoms with Crippen molar-refractivity contribution in [3.05, 3.63) is 90.0 Å². The fourth-order valence-electron chi connectivity index (χ4n) is 6.73. The molecular formula is C46H69NO5S. The molecule has 0 aliphatic heterocycles.